The van der Waals surface area contributed by atoms with Gasteiger partial charge in [0.15, 0.2) is 5.43 Å². The van der Waals surface area contributed by atoms with Crippen molar-refractivity contribution in [2.75, 3.05) is 7.11 Å². The number of rotatable bonds is 5. The number of hydrogen-bond donors (Lipinski definition) is 0. The predicted octanol–water partition coefficient (Wildman–Crippen LogP) is 5.45. The van der Waals surface area contributed by atoms with Crippen LogP contribution >= 0.6 is 0 Å². The minimum Gasteiger partial charge on any atom is -0.497 e. The first-order chi connectivity index (χ1) is 14.1. The van der Waals surface area contributed by atoms with Gasteiger partial charge in [-0.1, -0.05) is 12.1 Å². The van der Waals surface area contributed by atoms with Gasteiger partial charge in [-0.2, -0.15) is 0 Å². The topological polar surface area (TPSA) is 40.5 Å². The summed E-state index contributed by atoms with van der Waals surface area (Å²) in [5.41, 5.74) is 3.60. The predicted molar refractivity (Wildman–Crippen MR) is 117 cm³/mol. The Balaban J connectivity index is 1.94. The highest BCUT2D eigenvalue weighted by Gasteiger charge is 2.13. The Morgan fingerprint density at radius 1 is 0.828 bits per heavy atom. The van der Waals surface area contributed by atoms with Crippen LogP contribution in [0.5, 0.6) is 11.5 Å². The summed E-state index contributed by atoms with van der Waals surface area (Å²) in [5, 5.41) is 0.687. The lowest BCUT2D eigenvalue weighted by Gasteiger charge is -2.18. The smallest absolute Gasteiger partial charge is 0.190 e. The van der Waals surface area contributed by atoms with Crippen LogP contribution in [0.1, 0.15) is 13.8 Å². The van der Waals surface area contributed by atoms with Crippen LogP contribution in [0.4, 0.5) is 0 Å². The minimum atomic E-state index is 0.00266. The summed E-state index contributed by atoms with van der Waals surface area (Å²) in [7, 11) is 1.65. The molecule has 0 bridgehead atoms. The van der Waals surface area contributed by atoms with E-state index in [0.29, 0.717) is 5.39 Å². The van der Waals surface area contributed by atoms with Crippen molar-refractivity contribution < 1.29 is 9.47 Å². The molecule has 0 fully saturated rings. The third-order valence-electron chi connectivity index (χ3n) is 4.77. The fourth-order valence-corrected chi connectivity index (χ4v) is 3.47. The molecular weight excluding hydrogens is 362 g/mol. The van der Waals surface area contributed by atoms with Gasteiger partial charge in [-0.15, -0.1) is 0 Å². The van der Waals surface area contributed by atoms with E-state index in [2.05, 4.69) is 4.57 Å². The summed E-state index contributed by atoms with van der Waals surface area (Å²) in [6.07, 6.45) is 0.110. The highest BCUT2D eigenvalue weighted by molar-refractivity contribution is 5.84. The standard InChI is InChI=1S/C25H23NO3/c1-17(2)29-21-12-8-18(9-13-21)24-16-25(27)22-6-4-5-7-23(22)26(24)19-10-14-20(28-3)15-11-19/h4-17H,1-3H3. The number of nitrogens with zero attached hydrogens (tertiary/aromatic N) is 1. The average molecular weight is 385 g/mol. The lowest BCUT2D eigenvalue weighted by molar-refractivity contribution is 0.242. The number of aromatic nitrogens is 1. The number of benzene rings is 3. The van der Waals surface area contributed by atoms with Crippen molar-refractivity contribution in [2.45, 2.75) is 20.0 Å². The molecule has 0 aliphatic rings. The van der Waals surface area contributed by atoms with Gasteiger partial charge in [0.1, 0.15) is 11.5 Å². The van der Waals surface area contributed by atoms with E-state index < -0.39 is 0 Å². The van der Waals surface area contributed by atoms with Crippen LogP contribution in [0, 0.1) is 0 Å². The van der Waals surface area contributed by atoms with E-state index in [1.165, 1.54) is 0 Å². The maximum absolute atomic E-state index is 12.8. The highest BCUT2D eigenvalue weighted by Crippen LogP contribution is 2.29. The number of fused-ring (bicyclic) bond motifs is 1. The van der Waals surface area contributed by atoms with E-state index in [4.69, 9.17) is 9.47 Å². The summed E-state index contributed by atoms with van der Waals surface area (Å²) in [6.45, 7) is 4.00. The fraction of sp³-hybridized carbons (Fsp3) is 0.160. The first kappa shape index (κ1) is 18.8. The monoisotopic (exact) mass is 385 g/mol. The molecule has 1 heterocycles. The molecule has 0 atom stereocenters. The average Bonchev–Trinajstić information content (AvgIpc) is 2.74. The Bertz CT molecular complexity index is 1190. The molecular formula is C25H23NO3. The second-order valence-electron chi connectivity index (χ2n) is 7.14. The van der Waals surface area contributed by atoms with Crippen LogP contribution in [0.2, 0.25) is 0 Å². The van der Waals surface area contributed by atoms with Gasteiger partial charge >= 0.3 is 0 Å². The highest BCUT2D eigenvalue weighted by atomic mass is 16.5. The summed E-state index contributed by atoms with van der Waals surface area (Å²) < 4.78 is 13.2. The second-order valence-corrected chi connectivity index (χ2v) is 7.14. The number of hydrogen-bond acceptors (Lipinski definition) is 3. The lowest BCUT2D eigenvalue weighted by Crippen LogP contribution is -2.10. The van der Waals surface area contributed by atoms with Gasteiger partial charge < -0.3 is 14.0 Å². The molecule has 0 aliphatic carbocycles. The molecule has 4 rings (SSSR count). The van der Waals surface area contributed by atoms with E-state index in [-0.39, 0.29) is 11.5 Å². The largest absolute Gasteiger partial charge is 0.497 e. The molecule has 29 heavy (non-hydrogen) atoms. The Labute approximate surface area is 170 Å². The summed E-state index contributed by atoms with van der Waals surface area (Å²) >= 11 is 0. The number of para-hydroxylation sites is 1. The molecule has 0 saturated carbocycles. The van der Waals surface area contributed by atoms with Gasteiger partial charge in [0, 0.05) is 17.1 Å². The van der Waals surface area contributed by atoms with Gasteiger partial charge in [-0.25, -0.2) is 0 Å². The Kier molecular flexibility index (Phi) is 5.09. The zero-order valence-electron chi connectivity index (χ0n) is 16.8. The van der Waals surface area contributed by atoms with Crippen LogP contribution < -0.4 is 14.9 Å². The van der Waals surface area contributed by atoms with Crippen molar-refractivity contribution in [1.29, 1.82) is 0 Å². The van der Waals surface area contributed by atoms with E-state index >= 15 is 0 Å². The third kappa shape index (κ3) is 3.74. The summed E-state index contributed by atoms with van der Waals surface area (Å²) in [6, 6.07) is 25.1. The zero-order chi connectivity index (χ0) is 20.4. The van der Waals surface area contributed by atoms with E-state index in [9.17, 15) is 4.79 Å². The SMILES string of the molecule is COc1ccc(-n2c(-c3ccc(OC(C)C)cc3)cc(=O)c3ccccc32)cc1. The van der Waals surface area contributed by atoms with Crippen molar-refractivity contribution in [3.05, 3.63) is 89.1 Å². The summed E-state index contributed by atoms with van der Waals surface area (Å²) in [4.78, 5) is 12.8. The van der Waals surface area contributed by atoms with E-state index in [1.807, 2.05) is 86.6 Å². The molecule has 0 aliphatic heterocycles. The van der Waals surface area contributed by atoms with Gasteiger partial charge in [0.25, 0.3) is 0 Å². The first-order valence-electron chi connectivity index (χ1n) is 9.63. The normalized spacial score (nSPS) is 11.0. The second kappa shape index (κ2) is 7.84. The van der Waals surface area contributed by atoms with Crippen LogP contribution in [-0.4, -0.2) is 17.8 Å². The van der Waals surface area contributed by atoms with Crippen LogP contribution in [-0.2, 0) is 0 Å². The van der Waals surface area contributed by atoms with Crippen LogP contribution in [0.15, 0.2) is 83.7 Å². The first-order valence-corrected chi connectivity index (χ1v) is 9.63. The van der Waals surface area contributed by atoms with Gasteiger partial charge in [-0.3, -0.25) is 4.79 Å². The van der Waals surface area contributed by atoms with Crippen LogP contribution in [0.25, 0.3) is 27.8 Å². The maximum Gasteiger partial charge on any atom is 0.190 e. The number of pyridine rings is 1. The fourth-order valence-electron chi connectivity index (χ4n) is 3.47. The summed E-state index contributed by atoms with van der Waals surface area (Å²) in [5.74, 6) is 1.60. The van der Waals surface area contributed by atoms with Crippen molar-refractivity contribution in [3.63, 3.8) is 0 Å². The van der Waals surface area contributed by atoms with Gasteiger partial charge in [-0.05, 0) is 80.1 Å². The zero-order valence-corrected chi connectivity index (χ0v) is 16.8. The third-order valence-corrected chi connectivity index (χ3v) is 4.77. The van der Waals surface area contributed by atoms with Gasteiger partial charge in [0.2, 0.25) is 0 Å². The Morgan fingerprint density at radius 3 is 2.14 bits per heavy atom. The molecule has 146 valence electrons. The van der Waals surface area contributed by atoms with Crippen molar-refractivity contribution in [1.82, 2.24) is 4.57 Å². The van der Waals surface area contributed by atoms with Crippen molar-refractivity contribution in [2.24, 2.45) is 0 Å². The molecule has 0 N–H and O–H groups in total. The molecule has 0 spiro atoms. The molecule has 4 heteroatoms. The molecule has 0 unspecified atom stereocenters. The Hall–Kier alpha value is -3.53. The number of methoxy groups -OCH3 is 1. The van der Waals surface area contributed by atoms with Crippen molar-refractivity contribution in [3.8, 4) is 28.4 Å². The molecule has 0 saturated heterocycles. The van der Waals surface area contributed by atoms with Crippen LogP contribution in [0.3, 0.4) is 0 Å². The molecule has 4 nitrogen and oxygen atoms in total. The maximum atomic E-state index is 12.8. The van der Waals surface area contributed by atoms with Gasteiger partial charge in [0.05, 0.1) is 24.4 Å². The molecule has 3 aromatic carbocycles. The number of ether oxygens (including phenoxy) is 2. The molecule has 0 radical (unpaired) electrons. The molecule has 4 aromatic rings. The van der Waals surface area contributed by atoms with Crippen molar-refractivity contribution >= 4 is 10.9 Å². The quantitative estimate of drug-likeness (QED) is 0.458. The molecule has 0 amide bonds. The Morgan fingerprint density at radius 2 is 1.48 bits per heavy atom. The minimum absolute atomic E-state index is 0.00266. The lowest BCUT2D eigenvalue weighted by atomic mass is 10.1. The van der Waals surface area contributed by atoms with E-state index in [0.717, 1.165) is 34.0 Å². The van der Waals surface area contributed by atoms with E-state index in [1.54, 1.807) is 13.2 Å². The molecule has 1 aromatic heterocycles.